The molecule has 5 saturated heterocycles. The number of hydrogen-bond donors (Lipinski definition) is 9. The second-order valence-electron chi connectivity index (χ2n) is 23.0. The van der Waals surface area contributed by atoms with E-state index in [0.29, 0.717) is 25.0 Å². The number of carboxylic acids is 1. The Labute approximate surface area is 662 Å². The number of fused-ring (bicyclic) bond motifs is 1. The van der Waals surface area contributed by atoms with Crippen LogP contribution in [0.5, 0.6) is 0 Å². The van der Waals surface area contributed by atoms with Crippen molar-refractivity contribution in [1.29, 1.82) is 0 Å². The number of carbonyl (C=O) groups is 5. The monoisotopic (exact) mass is 1450 g/mol. The van der Waals surface area contributed by atoms with Crippen LogP contribution in [0.2, 0.25) is 0 Å². The summed E-state index contributed by atoms with van der Waals surface area (Å²) in [5, 5.41) is 84.6. The van der Waals surface area contributed by atoms with Crippen molar-refractivity contribution in [2.75, 3.05) is 59.3 Å². The van der Waals surface area contributed by atoms with E-state index in [2.05, 4.69) is 29.5 Å². The zero-order valence-corrected chi connectivity index (χ0v) is 66.7. The average molecular weight is 1450 g/mol. The van der Waals surface area contributed by atoms with Crippen LogP contribution in [0, 0.1) is 37.0 Å². The zero-order chi connectivity index (χ0) is 67.7. The molecule has 0 aliphatic carbocycles. The van der Waals surface area contributed by atoms with Crippen LogP contribution in [0.3, 0.4) is 0 Å². The van der Waals surface area contributed by atoms with E-state index in [1.54, 1.807) is 11.1 Å². The van der Waals surface area contributed by atoms with Crippen LogP contribution in [0.15, 0.2) is 6.20 Å². The Balaban J connectivity index is 0. The number of aliphatic hydroxyl groups is 6. The van der Waals surface area contributed by atoms with Crippen molar-refractivity contribution >= 4 is 50.4 Å². The molecule has 6 rings (SSSR count). The van der Waals surface area contributed by atoms with Gasteiger partial charge in [0.1, 0.15) is 42.7 Å². The predicted octanol–water partition coefficient (Wildman–Crippen LogP) is -20.2. The molecule has 19 atom stereocenters. The SMILES string of the molecule is O=S(=O)([O-])O.O=S(=O)([O-])O.[CH2-]C1O[C@H](O[C@@H]2C(C(=O)[O-])O[C@@H](OCCOCCn3cc(CN(CCCCCN4C(=O)[C@@H]5[C@H](C4=O)[C@H](C(C)(C)C)O[C@@H]5C(C)C)C(=O)CCC(=O)NCCOCCO[C@H]4OC([CH2-])[C@@H](O)[C@H](O)C4[NH-])nn3)C(O)[C@H]2O)C([NH-])[C@@H](O)[C@@H]1O.[Na+].[Na+].[Na+].[Na+].[Na+]. The molecule has 95 heavy (non-hydrogen) atoms. The number of rotatable bonds is 29. The molecule has 5 aliphatic heterocycles. The number of nitrogens with one attached hydrogen (secondary N) is 3. The number of likely N-dealkylation sites (tertiary alicyclic amines) is 1. The van der Waals surface area contributed by atoms with Crippen LogP contribution >= 0.6 is 0 Å². The molecule has 11 N–H and O–H groups in total. The van der Waals surface area contributed by atoms with Crippen LogP contribution in [0.1, 0.15) is 72.4 Å². The summed E-state index contributed by atoms with van der Waals surface area (Å²) in [5.41, 5.74) is 16.1. The summed E-state index contributed by atoms with van der Waals surface area (Å²) >= 11 is 0. The van der Waals surface area contributed by atoms with Crippen LogP contribution in [0.25, 0.3) is 11.5 Å². The van der Waals surface area contributed by atoms with Gasteiger partial charge in [-0.1, -0.05) is 51.9 Å². The first-order valence-electron chi connectivity index (χ1n) is 28.5. The zero-order valence-electron chi connectivity index (χ0n) is 55.1. The number of aliphatic hydroxyl groups excluding tert-OH is 6. The number of aliphatic carboxylic acids is 1. The van der Waals surface area contributed by atoms with E-state index in [9.17, 15) is 59.7 Å². The van der Waals surface area contributed by atoms with Crippen LogP contribution in [-0.4, -0.2) is 284 Å². The molecule has 0 bridgehead atoms. The number of hydrogen-bond acceptors (Lipinski definition) is 29. The third-order valence-electron chi connectivity index (χ3n) is 14.7. The van der Waals surface area contributed by atoms with Gasteiger partial charge in [0.25, 0.3) is 0 Å². The number of amides is 4. The summed E-state index contributed by atoms with van der Waals surface area (Å²) in [5.74, 6) is -4.05. The van der Waals surface area contributed by atoms with Gasteiger partial charge in [-0.25, -0.2) is 21.5 Å². The minimum atomic E-state index is -4.92. The fraction of sp³-hybridized carbons (Fsp3) is 0.824. The van der Waals surface area contributed by atoms with Crippen molar-refractivity contribution in [2.24, 2.45) is 23.2 Å². The molecule has 1 aromatic heterocycles. The fourth-order valence-corrected chi connectivity index (χ4v) is 10.2. The molecule has 44 heteroatoms. The van der Waals surface area contributed by atoms with Crippen molar-refractivity contribution in [3.8, 4) is 0 Å². The van der Waals surface area contributed by atoms with Gasteiger partial charge in [0, 0.05) is 32.5 Å². The number of aromatic nitrogens is 3. The van der Waals surface area contributed by atoms with Gasteiger partial charge in [0.2, 0.25) is 44.4 Å². The molecule has 4 amide bonds. The Morgan fingerprint density at radius 3 is 1.76 bits per heavy atom. The Kier molecular flexibility index (Phi) is 47.2. The quantitative estimate of drug-likeness (QED) is 0.00898. The van der Waals surface area contributed by atoms with E-state index >= 15 is 0 Å². The molecule has 0 aromatic carbocycles. The number of carboxylic acid groups (broad SMARTS) is 1. The number of carbonyl (C=O) groups excluding carboxylic acids is 5. The fourth-order valence-electron chi connectivity index (χ4n) is 10.2. The van der Waals surface area contributed by atoms with Gasteiger partial charge in [-0.3, -0.25) is 33.2 Å². The van der Waals surface area contributed by atoms with E-state index < -0.39 is 143 Å². The minimum Gasteiger partial charge on any atom is -0.726 e. The summed E-state index contributed by atoms with van der Waals surface area (Å²) in [6.07, 6.45) is -18.0. The molecule has 5 aliphatic rings. The number of ether oxygens (including phenoxy) is 9. The average Bonchev–Trinajstić information content (AvgIpc) is 1.59. The van der Waals surface area contributed by atoms with Crippen LogP contribution in [-0.2, 0) is 100 Å². The minimum absolute atomic E-state index is 0. The molecule has 0 radical (unpaired) electrons. The maximum atomic E-state index is 13.8. The van der Waals surface area contributed by atoms with Crippen LogP contribution < -0.4 is 158 Å². The van der Waals surface area contributed by atoms with E-state index in [1.165, 1.54) is 9.58 Å². The summed E-state index contributed by atoms with van der Waals surface area (Å²) in [7, 11) is -9.83. The molecule has 6 unspecified atom stereocenters. The van der Waals surface area contributed by atoms with Crippen molar-refractivity contribution in [1.82, 2.24) is 30.1 Å². The second kappa shape index (κ2) is 45.9. The van der Waals surface area contributed by atoms with Gasteiger partial charge in [-0.2, -0.15) is 0 Å². The molecular formula is C51H83N8Na5O29S2-2. The first-order chi connectivity index (χ1) is 41.8. The van der Waals surface area contributed by atoms with Gasteiger partial charge >= 0.3 is 148 Å². The number of nitrogens with zero attached hydrogens (tertiary/aromatic N) is 5. The van der Waals surface area contributed by atoms with Crippen molar-refractivity contribution in [3.05, 3.63) is 37.2 Å². The third kappa shape index (κ3) is 31.9. The molecule has 0 spiro atoms. The van der Waals surface area contributed by atoms with E-state index in [0.717, 1.165) is 0 Å². The van der Waals surface area contributed by atoms with Gasteiger partial charge in [0.05, 0.1) is 113 Å². The molecule has 5 fully saturated rings. The largest absolute Gasteiger partial charge is 1.00 e. The van der Waals surface area contributed by atoms with Crippen LogP contribution in [0.4, 0.5) is 0 Å². The first kappa shape index (κ1) is 97.8. The molecular weight excluding hydrogens is 1370 g/mol. The van der Waals surface area contributed by atoms with E-state index in [1.807, 2.05) is 34.6 Å². The maximum absolute atomic E-state index is 13.8. The Hall–Kier alpha value is 0.750. The third-order valence-corrected chi connectivity index (χ3v) is 14.7. The Morgan fingerprint density at radius 1 is 0.705 bits per heavy atom. The second-order valence-corrected chi connectivity index (χ2v) is 24.7. The Bertz CT molecular complexity index is 2660. The summed E-state index contributed by atoms with van der Waals surface area (Å²) in [6, 6.07) is -2.87. The number of imide groups is 1. The summed E-state index contributed by atoms with van der Waals surface area (Å²) in [4.78, 5) is 69.0. The van der Waals surface area contributed by atoms with E-state index in [-0.39, 0.29) is 268 Å². The normalized spacial score (nSPS) is 30.5. The van der Waals surface area contributed by atoms with Crippen molar-refractivity contribution in [2.45, 2.75) is 184 Å². The van der Waals surface area contributed by atoms with Gasteiger partial charge in [-0.15, -0.1) is 5.10 Å². The van der Waals surface area contributed by atoms with Crippen molar-refractivity contribution < 1.29 is 285 Å². The molecule has 37 nitrogen and oxygen atoms in total. The van der Waals surface area contributed by atoms with Gasteiger partial charge in [0.15, 0.2) is 6.29 Å². The molecule has 520 valence electrons. The smallest absolute Gasteiger partial charge is 0.726 e. The molecule has 6 heterocycles. The maximum Gasteiger partial charge on any atom is 1.00 e. The molecule has 1 aromatic rings. The standard InChI is InChI=1S/C51H82N8O21.5Na.2H2O4S/c1-25(2)41-31-32(44(78-41)51(5,6)7)46(69)59(45(31)68)15-10-8-9-14-57(30(61)12-11-29(60)54-13-17-72-19-21-74-48-33(52)37(64)35(62)26(3)76-48)23-28-24-58(56-55-28)16-18-73-20-22-75-50-40(67)39(66)42(43(80-50)47(70)71)79-49-34(53)38(65)36(63)27(4)77-49;;;;;;2*1-5(2,3)4/h24-27,31-44,48-50,52-53,62-67H,3-4,8-23H2,1-2,5-7H3,(H,54,60)(H,70,71);;;;;;2*(H2,1,2,3,4)/q-4;5*+1;;/p-3/t26?,27?,31-,32+,33?,34?,35-,36-,37-,38-,39-,40?,41-,42+,43?,44-,48+,49-,50-;;;;;;;/m1......./s1. The number of unbranched alkanes of at least 4 members (excludes halogenated alkanes) is 2. The first-order valence-corrected chi connectivity index (χ1v) is 31.2. The van der Waals surface area contributed by atoms with Crippen molar-refractivity contribution in [3.63, 3.8) is 0 Å². The van der Waals surface area contributed by atoms with Gasteiger partial charge < -0.3 is 128 Å². The van der Waals surface area contributed by atoms with Gasteiger partial charge in [-0.05, 0) is 42.8 Å². The topological polar surface area (TPSA) is 565 Å². The predicted molar refractivity (Wildman–Crippen MR) is 295 cm³/mol. The molecule has 0 saturated carbocycles. The summed E-state index contributed by atoms with van der Waals surface area (Å²) < 4.78 is 117. The Morgan fingerprint density at radius 2 is 1.22 bits per heavy atom. The summed E-state index contributed by atoms with van der Waals surface area (Å²) in [6.45, 7) is 17.9. The van der Waals surface area contributed by atoms with E-state index in [4.69, 9.17) is 89.1 Å².